The molecule has 0 aliphatic heterocycles. The van der Waals surface area contributed by atoms with Crippen molar-refractivity contribution in [1.82, 2.24) is 0 Å². The molecule has 0 radical (unpaired) electrons. The van der Waals surface area contributed by atoms with Gasteiger partial charge in [-0.15, -0.1) is 0 Å². The SMILES string of the molecule is COS(=S)(=S)SSSSSSSSSSSSSSSSSSSSSSSSSSSSSSSSSSSSSSSSSSSSSSSSSSSSSSSSSSSSSSSSSSSSSSSSSSSSSSSSSSSSSSSS. The van der Waals surface area contributed by atoms with Crippen molar-refractivity contribution in [3.05, 3.63) is 0 Å². The van der Waals surface area contributed by atoms with Gasteiger partial charge >= 0.3 is 0 Å². The third kappa shape index (κ3) is 120. The van der Waals surface area contributed by atoms with Crippen molar-refractivity contribution in [3.63, 3.8) is 0 Å². The Bertz CT molecular complexity index is 1370. The Kier molecular flexibility index (Phi) is 158. The Hall–Kier alpha value is 31.6. The molecular weight excluding hydrogens is 2950 g/mol. The Balaban J connectivity index is 3.10. The van der Waals surface area contributed by atoms with E-state index in [0.29, 0.717) is 0 Å². The molecule has 0 spiro atoms. The molecule has 92 heteroatoms. The number of rotatable bonds is 88. The minimum absolute atomic E-state index is 1.46. The number of hydrogen-bond acceptors (Lipinski definition) is 91. The van der Waals surface area contributed by atoms with Gasteiger partial charge in [-0.05, 0) is 101 Å². The van der Waals surface area contributed by atoms with Crippen molar-refractivity contribution in [1.29, 1.82) is 0 Å². The van der Waals surface area contributed by atoms with Gasteiger partial charge in [-0.2, -0.15) is 0 Å². The molecule has 0 amide bonds. The highest BCUT2D eigenvalue weighted by atomic mass is 34.1. The van der Waals surface area contributed by atoms with Crippen molar-refractivity contribution in [2.75, 3.05) is 7.11 Å². The first-order valence-electron chi connectivity index (χ1n) is 15.6. The average Bonchev–Trinajstić information content (AvgIpc) is 3.77. The van der Waals surface area contributed by atoms with E-state index in [2.05, 4.69) is 11.7 Å². The van der Waals surface area contributed by atoms with Gasteiger partial charge in [0, 0.05) is 776 Å². The normalized spacial score (nSPS) is 12.0. The van der Waals surface area contributed by atoms with Crippen LogP contribution in [0.4, 0.5) is 0 Å². The molecule has 0 aromatic heterocycles. The first-order chi connectivity index (χ1) is 46.1. The molecule has 1 nitrogen and oxygen atoms in total. The predicted molar refractivity (Wildman–Crippen MR) is 699 cm³/mol. The van der Waals surface area contributed by atoms with Gasteiger partial charge in [0.25, 0.3) is 0 Å². The maximum Gasteiger partial charge on any atom is 0.0817 e. The minimum Gasteiger partial charge on any atom is -0.305 e. The first kappa shape index (κ1) is 125. The summed E-state index contributed by atoms with van der Waals surface area (Å²) in [7, 11) is 159. The highest BCUT2D eigenvalue weighted by Gasteiger charge is 2.09. The van der Waals surface area contributed by atoms with Crippen LogP contribution in [-0.2, 0) is 33.0 Å². The summed E-state index contributed by atoms with van der Waals surface area (Å²) in [5, 5.41) is 0. The zero-order chi connectivity index (χ0) is 66.7. The van der Waals surface area contributed by atoms with Crippen LogP contribution in [0.15, 0.2) is 0 Å². The van der Waals surface area contributed by atoms with Crippen molar-refractivity contribution in [2.24, 2.45) is 0 Å². The van der Waals surface area contributed by atoms with Crippen molar-refractivity contribution >= 4 is 895 Å². The van der Waals surface area contributed by atoms with Gasteiger partial charge in [0.05, 0.1) is 13.6 Å². The second-order valence-electron chi connectivity index (χ2n) is 6.50. The second kappa shape index (κ2) is 118. The summed E-state index contributed by atoms with van der Waals surface area (Å²) in [6.45, 7) is -1.81. The number of hydrogen-bond donors (Lipinski definition) is 1. The second-order valence-corrected chi connectivity index (χ2v) is 168. The fourth-order valence-electron chi connectivity index (χ4n) is 1.03. The lowest BCUT2D eigenvalue weighted by Crippen LogP contribution is -1.87. The fourth-order valence-corrected chi connectivity index (χ4v) is 242. The summed E-state index contributed by atoms with van der Waals surface area (Å²) in [6.07, 6.45) is 0. The number of thiol groups is 1. The highest BCUT2D eigenvalue weighted by molar-refractivity contribution is 9.67. The van der Waals surface area contributed by atoms with E-state index in [9.17, 15) is 0 Å². The van der Waals surface area contributed by atoms with E-state index in [4.69, 9.17) is 26.6 Å². The molecular formula is CH4OS91. The van der Waals surface area contributed by atoms with Crippen LogP contribution < -0.4 is 0 Å². The summed E-state index contributed by atoms with van der Waals surface area (Å²) in [6, 6.07) is 0. The van der Waals surface area contributed by atoms with Crippen LogP contribution in [0.2, 0.25) is 0 Å². The van der Waals surface area contributed by atoms with Crippen LogP contribution in [0, 0.1) is 0 Å². The van der Waals surface area contributed by atoms with Crippen molar-refractivity contribution in [3.8, 4) is 0 Å². The van der Waals surface area contributed by atoms with Crippen LogP contribution >= 0.6 is 867 Å². The largest absolute Gasteiger partial charge is 0.305 e. The standard InChI is InChI=1S/CH4OS91/c1-2-93(4,5)92-91-90-89-88-87-86-85-84-83-82-81-80-79-78-77-76-75-74-73-72-71-70-69-68-67-66-65-64-63-62-61-60-59-58-57-56-55-54-53-52-51-50-49-48-47-46-45-44-43-42-41-40-39-38-37-36-35-34-33-32-31-30-29-28-27-26-25-24-23-22-21-20-19-18-17-16-15-14-13-12-11-10-9-8-7-6-3/h3H,1H3. The summed E-state index contributed by atoms with van der Waals surface area (Å²) in [4.78, 5) is 0. The van der Waals surface area contributed by atoms with Gasteiger partial charge in [-0.25, -0.2) is 0 Å². The molecule has 0 heterocycles. The van der Waals surface area contributed by atoms with Gasteiger partial charge < -0.3 is 4.18 Å². The molecule has 0 rings (SSSR count). The lowest BCUT2D eigenvalue weighted by molar-refractivity contribution is 0.491. The summed E-state index contributed by atoms with van der Waals surface area (Å²) >= 11 is 14.5. The smallest absolute Gasteiger partial charge is 0.0817 e. The molecule has 0 atom stereocenters. The molecule has 0 aliphatic carbocycles. The van der Waals surface area contributed by atoms with Gasteiger partial charge in [-0.3, -0.25) is 0 Å². The minimum atomic E-state index is -1.81. The van der Waals surface area contributed by atoms with E-state index in [1.165, 1.54) is 19.7 Å². The third-order valence-corrected chi connectivity index (χ3v) is 201. The van der Waals surface area contributed by atoms with Crippen LogP contribution in [-0.4, -0.2) is 7.11 Å². The van der Waals surface area contributed by atoms with E-state index in [1.54, 1.807) is 145 Å². The first-order valence-corrected chi connectivity index (χ1v) is 136. The lowest BCUT2D eigenvalue weighted by atomic mass is 11.8. The molecule has 0 aliphatic rings. The summed E-state index contributed by atoms with van der Waals surface area (Å²) in [5.41, 5.74) is 0. The van der Waals surface area contributed by atoms with Gasteiger partial charge in [-0.1, -0.05) is 11.7 Å². The van der Waals surface area contributed by atoms with E-state index in [0.717, 1.165) is 0 Å². The van der Waals surface area contributed by atoms with Crippen LogP contribution in [0.5, 0.6) is 0 Å². The molecule has 0 fully saturated rings. The molecule has 93 heavy (non-hydrogen) atoms. The van der Waals surface area contributed by atoms with Gasteiger partial charge in [0.1, 0.15) is 0 Å². The van der Waals surface area contributed by atoms with Crippen LogP contribution in [0.25, 0.3) is 0 Å². The van der Waals surface area contributed by atoms with E-state index >= 15 is 0 Å². The molecule has 0 bridgehead atoms. The Morgan fingerprint density at radius 1 is 0.151 bits per heavy atom. The van der Waals surface area contributed by atoms with Crippen LogP contribution in [0.1, 0.15) is 0 Å². The van der Waals surface area contributed by atoms with E-state index in [-0.39, 0.29) is 0 Å². The molecule has 0 aromatic carbocycles. The van der Waals surface area contributed by atoms with E-state index in [1.807, 2.05) is 698 Å². The predicted octanol–water partition coefficient (Wildman–Crippen LogP) is 56.9. The topological polar surface area (TPSA) is 9.23 Å². The van der Waals surface area contributed by atoms with Gasteiger partial charge in [0.15, 0.2) is 0 Å². The Labute approximate surface area is 880 Å². The van der Waals surface area contributed by atoms with Crippen LogP contribution in [0.3, 0.4) is 0 Å². The Morgan fingerprint density at radius 2 is 0.226 bits per heavy atom. The molecule has 0 aromatic rings. The monoisotopic (exact) mass is 2940 g/mol. The van der Waals surface area contributed by atoms with E-state index < -0.39 is 6.46 Å². The Morgan fingerprint density at radius 3 is 0.301 bits per heavy atom. The third-order valence-electron chi connectivity index (χ3n) is 2.68. The summed E-state index contributed by atoms with van der Waals surface area (Å²) < 4.78 is 5.12. The quantitative estimate of drug-likeness (QED) is 0.0352. The average molecular weight is 2950 g/mol. The molecule has 560 valence electrons. The maximum atomic E-state index is 5.18. The molecule has 0 saturated heterocycles. The maximum absolute atomic E-state index is 5.18. The molecule has 0 N–H and O–H groups in total. The lowest BCUT2D eigenvalue weighted by Gasteiger charge is -2.03. The van der Waals surface area contributed by atoms with Crippen molar-refractivity contribution < 1.29 is 4.18 Å². The van der Waals surface area contributed by atoms with Crippen molar-refractivity contribution in [2.45, 2.75) is 0 Å². The fraction of sp³-hybridized carbons (Fsp3) is 1.00. The van der Waals surface area contributed by atoms with Gasteiger partial charge in [0.2, 0.25) is 0 Å². The zero-order valence-electron chi connectivity index (χ0n) is 38.6. The molecule has 0 unspecified atom stereocenters. The summed E-state index contributed by atoms with van der Waals surface area (Å²) in [5.74, 6) is 0. The zero-order valence-corrected chi connectivity index (χ0v) is 113. The molecule has 0 saturated carbocycles. The highest BCUT2D eigenvalue weighted by Crippen LogP contribution is 2.73.